The van der Waals surface area contributed by atoms with Gasteiger partial charge in [-0.1, -0.05) is 25.3 Å². The fraction of sp³-hybridized carbons (Fsp3) is 0.500. The normalized spacial score (nSPS) is 15.3. The Kier molecular flexibility index (Phi) is 4.11. The van der Waals surface area contributed by atoms with E-state index in [9.17, 15) is 4.39 Å². The van der Waals surface area contributed by atoms with Gasteiger partial charge in [-0.25, -0.2) is 4.39 Å². The van der Waals surface area contributed by atoms with Gasteiger partial charge >= 0.3 is 0 Å². The van der Waals surface area contributed by atoms with Crippen LogP contribution in [0.4, 0.5) is 4.39 Å². The predicted octanol–water partition coefficient (Wildman–Crippen LogP) is 2.98. The summed E-state index contributed by atoms with van der Waals surface area (Å²) in [7, 11) is 0. The molecule has 90 valence electrons. The van der Waals surface area contributed by atoms with Gasteiger partial charge in [0.05, 0.1) is 5.56 Å². The summed E-state index contributed by atoms with van der Waals surface area (Å²) < 4.78 is 13.1. The van der Waals surface area contributed by atoms with Crippen molar-refractivity contribution in [2.75, 3.05) is 6.54 Å². The first-order valence-corrected chi connectivity index (χ1v) is 6.19. The average molecular weight is 232 g/mol. The topological polar surface area (TPSA) is 35.8 Å². The van der Waals surface area contributed by atoms with Crippen molar-refractivity contribution in [1.82, 2.24) is 5.32 Å². The molecule has 3 heteroatoms. The molecule has 0 saturated heterocycles. The minimum Gasteiger partial charge on any atom is -0.313 e. The molecule has 0 heterocycles. The smallest absolute Gasteiger partial charge is 0.140 e. The van der Waals surface area contributed by atoms with Crippen LogP contribution in [0.1, 0.15) is 36.8 Å². The molecule has 1 aliphatic rings. The van der Waals surface area contributed by atoms with Gasteiger partial charge in [0.25, 0.3) is 0 Å². The number of nitrogens with one attached hydrogen (secondary N) is 1. The van der Waals surface area contributed by atoms with Crippen molar-refractivity contribution >= 4 is 0 Å². The predicted molar refractivity (Wildman–Crippen MR) is 64.8 cm³/mol. The number of hydrogen-bond donors (Lipinski definition) is 1. The molecule has 1 aromatic rings. The highest BCUT2D eigenvalue weighted by atomic mass is 19.1. The number of nitriles is 1. The molecule has 1 aliphatic carbocycles. The summed E-state index contributed by atoms with van der Waals surface area (Å²) in [6, 6.07) is 6.57. The van der Waals surface area contributed by atoms with E-state index in [1.807, 2.05) is 6.07 Å². The van der Waals surface area contributed by atoms with Crippen LogP contribution < -0.4 is 5.32 Å². The van der Waals surface area contributed by atoms with Crippen molar-refractivity contribution in [1.29, 1.82) is 5.26 Å². The molecular formula is C14H17FN2. The van der Waals surface area contributed by atoms with Crippen LogP contribution in [-0.2, 0) is 6.54 Å². The lowest BCUT2D eigenvalue weighted by atomic mass is 9.83. The van der Waals surface area contributed by atoms with Gasteiger partial charge in [0.1, 0.15) is 11.9 Å². The van der Waals surface area contributed by atoms with Crippen LogP contribution in [0.2, 0.25) is 0 Å². The Morgan fingerprint density at radius 2 is 2.24 bits per heavy atom. The Morgan fingerprint density at radius 1 is 1.41 bits per heavy atom. The van der Waals surface area contributed by atoms with Crippen LogP contribution in [0.5, 0.6) is 0 Å². The molecule has 1 aromatic carbocycles. The van der Waals surface area contributed by atoms with Crippen LogP contribution in [-0.4, -0.2) is 6.54 Å². The molecule has 1 N–H and O–H groups in total. The minimum atomic E-state index is -0.439. The van der Waals surface area contributed by atoms with Crippen molar-refractivity contribution in [3.05, 3.63) is 35.1 Å². The van der Waals surface area contributed by atoms with Crippen molar-refractivity contribution in [3.63, 3.8) is 0 Å². The molecule has 1 saturated carbocycles. The van der Waals surface area contributed by atoms with Crippen molar-refractivity contribution < 1.29 is 4.39 Å². The number of halogens is 1. The lowest BCUT2D eigenvalue weighted by Gasteiger charge is -2.25. The van der Waals surface area contributed by atoms with Gasteiger partial charge in [0.2, 0.25) is 0 Å². The second kappa shape index (κ2) is 5.79. The highest BCUT2D eigenvalue weighted by Crippen LogP contribution is 2.28. The highest BCUT2D eigenvalue weighted by Gasteiger charge is 2.16. The van der Waals surface area contributed by atoms with E-state index in [2.05, 4.69) is 5.32 Å². The molecule has 0 aromatic heterocycles. The molecule has 2 rings (SSSR count). The third kappa shape index (κ3) is 3.28. The second-order valence-electron chi connectivity index (χ2n) is 4.69. The zero-order valence-corrected chi connectivity index (χ0v) is 9.88. The summed E-state index contributed by atoms with van der Waals surface area (Å²) in [6.07, 6.45) is 5.36. The molecule has 0 atom stereocenters. The zero-order valence-electron chi connectivity index (χ0n) is 9.88. The van der Waals surface area contributed by atoms with Crippen molar-refractivity contribution in [2.24, 2.45) is 5.92 Å². The highest BCUT2D eigenvalue weighted by molar-refractivity contribution is 5.34. The third-order valence-electron chi connectivity index (χ3n) is 3.43. The Morgan fingerprint density at radius 3 is 2.88 bits per heavy atom. The standard InChI is InChI=1S/C14H17FN2/c15-14-5-4-12(8-13(14)9-16)10-17-7-6-11-2-1-3-11/h4-5,8,11,17H,1-3,6-7,10H2. The van der Waals surface area contributed by atoms with Gasteiger partial charge in [0, 0.05) is 6.54 Å². The van der Waals surface area contributed by atoms with E-state index in [4.69, 9.17) is 5.26 Å². The number of benzene rings is 1. The maximum Gasteiger partial charge on any atom is 0.140 e. The van der Waals surface area contributed by atoms with Crippen LogP contribution in [0.15, 0.2) is 18.2 Å². The molecule has 2 nitrogen and oxygen atoms in total. The molecule has 0 unspecified atom stereocenters. The Balaban J connectivity index is 1.76. The van der Waals surface area contributed by atoms with Gasteiger partial charge < -0.3 is 5.32 Å². The van der Waals surface area contributed by atoms with E-state index < -0.39 is 5.82 Å². The van der Waals surface area contributed by atoms with Crippen LogP contribution >= 0.6 is 0 Å². The fourth-order valence-electron chi connectivity index (χ4n) is 2.09. The van der Waals surface area contributed by atoms with Crippen LogP contribution in [0.3, 0.4) is 0 Å². The summed E-state index contributed by atoms with van der Waals surface area (Å²) >= 11 is 0. The Hall–Kier alpha value is -1.40. The second-order valence-corrected chi connectivity index (χ2v) is 4.69. The SMILES string of the molecule is N#Cc1cc(CNCCC2CCC2)ccc1F. The molecule has 17 heavy (non-hydrogen) atoms. The summed E-state index contributed by atoms with van der Waals surface area (Å²) in [5, 5.41) is 12.1. The van der Waals surface area contributed by atoms with E-state index in [1.54, 1.807) is 12.1 Å². The summed E-state index contributed by atoms with van der Waals surface area (Å²) in [4.78, 5) is 0. The molecule has 1 fully saturated rings. The summed E-state index contributed by atoms with van der Waals surface area (Å²) in [5.41, 5.74) is 1.10. The Labute approximate surface area is 101 Å². The average Bonchev–Trinajstić information content (AvgIpc) is 2.28. The third-order valence-corrected chi connectivity index (χ3v) is 3.43. The number of nitrogens with zero attached hydrogens (tertiary/aromatic N) is 1. The summed E-state index contributed by atoms with van der Waals surface area (Å²) in [6.45, 7) is 1.71. The summed E-state index contributed by atoms with van der Waals surface area (Å²) in [5.74, 6) is 0.469. The van der Waals surface area contributed by atoms with E-state index in [-0.39, 0.29) is 5.56 Å². The lowest BCUT2D eigenvalue weighted by molar-refractivity contribution is 0.292. The van der Waals surface area contributed by atoms with Gasteiger partial charge in [0.15, 0.2) is 0 Å². The molecule has 0 bridgehead atoms. The monoisotopic (exact) mass is 232 g/mol. The van der Waals surface area contributed by atoms with Crippen LogP contribution in [0.25, 0.3) is 0 Å². The van der Waals surface area contributed by atoms with Gasteiger partial charge in [-0.05, 0) is 36.6 Å². The maximum atomic E-state index is 13.1. The van der Waals surface area contributed by atoms with E-state index >= 15 is 0 Å². The first-order chi connectivity index (χ1) is 8.29. The zero-order chi connectivity index (χ0) is 12.1. The first-order valence-electron chi connectivity index (χ1n) is 6.19. The van der Waals surface area contributed by atoms with Crippen LogP contribution in [0, 0.1) is 23.1 Å². The molecule has 0 spiro atoms. The number of rotatable bonds is 5. The first kappa shape index (κ1) is 12.1. The van der Waals surface area contributed by atoms with E-state index in [0.29, 0.717) is 6.54 Å². The minimum absolute atomic E-state index is 0.128. The largest absolute Gasteiger partial charge is 0.313 e. The van der Waals surface area contributed by atoms with Gasteiger partial charge in [-0.3, -0.25) is 0 Å². The lowest BCUT2D eigenvalue weighted by Crippen LogP contribution is -2.21. The van der Waals surface area contributed by atoms with E-state index in [0.717, 1.165) is 18.0 Å². The molecular weight excluding hydrogens is 215 g/mol. The van der Waals surface area contributed by atoms with Gasteiger partial charge in [-0.15, -0.1) is 0 Å². The van der Waals surface area contributed by atoms with Gasteiger partial charge in [-0.2, -0.15) is 5.26 Å². The number of hydrogen-bond acceptors (Lipinski definition) is 2. The molecule has 0 radical (unpaired) electrons. The van der Waals surface area contributed by atoms with Crippen molar-refractivity contribution in [2.45, 2.75) is 32.2 Å². The quantitative estimate of drug-likeness (QED) is 0.792. The van der Waals surface area contributed by atoms with E-state index in [1.165, 1.54) is 31.7 Å². The Bertz CT molecular complexity index is 419. The fourth-order valence-corrected chi connectivity index (χ4v) is 2.09. The molecule has 0 amide bonds. The van der Waals surface area contributed by atoms with Crippen molar-refractivity contribution in [3.8, 4) is 6.07 Å². The maximum absolute atomic E-state index is 13.1. The molecule has 0 aliphatic heterocycles.